The van der Waals surface area contributed by atoms with Crippen LogP contribution in [0.15, 0.2) is 0 Å². The summed E-state index contributed by atoms with van der Waals surface area (Å²) in [6.07, 6.45) is 2.75. The van der Waals surface area contributed by atoms with Crippen LogP contribution in [-0.2, 0) is 9.59 Å². The van der Waals surface area contributed by atoms with E-state index in [1.54, 1.807) is 6.92 Å². The van der Waals surface area contributed by atoms with Gasteiger partial charge in [-0.15, -0.1) is 0 Å². The lowest BCUT2D eigenvalue weighted by Gasteiger charge is -2.37. The van der Waals surface area contributed by atoms with E-state index in [-0.39, 0.29) is 5.91 Å². The highest BCUT2D eigenvalue weighted by molar-refractivity contribution is 5.89. The number of aliphatic carboxylic acids is 1. The van der Waals surface area contributed by atoms with Crippen LogP contribution in [0.1, 0.15) is 39.5 Å². The van der Waals surface area contributed by atoms with E-state index in [9.17, 15) is 9.59 Å². The molecule has 1 heterocycles. The van der Waals surface area contributed by atoms with Crippen molar-refractivity contribution in [2.24, 2.45) is 5.73 Å². The molecule has 1 amide bonds. The van der Waals surface area contributed by atoms with Gasteiger partial charge < -0.3 is 15.7 Å². The van der Waals surface area contributed by atoms with Crippen molar-refractivity contribution in [2.75, 3.05) is 6.54 Å². The second kappa shape index (κ2) is 4.82. The first-order valence-corrected chi connectivity index (χ1v) is 5.73. The number of carbonyl (C=O) groups is 2. The summed E-state index contributed by atoms with van der Waals surface area (Å²) in [6, 6.07) is -0.698. The molecule has 1 aliphatic heterocycles. The largest absolute Gasteiger partial charge is 0.480 e. The van der Waals surface area contributed by atoms with Gasteiger partial charge in [0.2, 0.25) is 5.91 Å². The molecule has 0 aromatic rings. The van der Waals surface area contributed by atoms with Crippen LogP contribution < -0.4 is 5.73 Å². The zero-order chi connectivity index (χ0) is 12.3. The third kappa shape index (κ3) is 2.52. The van der Waals surface area contributed by atoms with Crippen LogP contribution in [0.5, 0.6) is 0 Å². The van der Waals surface area contributed by atoms with Crippen LogP contribution in [0.2, 0.25) is 0 Å². The van der Waals surface area contributed by atoms with Crippen molar-refractivity contribution >= 4 is 11.9 Å². The standard InChI is InChI=1S/C11H20N2O3/c1-3-11(2,12)10(16)13-7-5-4-6-8(13)9(14)15/h8H,3-7,12H2,1-2H3,(H,14,15)/t8-,11?/m0/s1. The van der Waals surface area contributed by atoms with Gasteiger partial charge in [-0.1, -0.05) is 6.92 Å². The molecular formula is C11H20N2O3. The predicted molar refractivity (Wildman–Crippen MR) is 59.9 cm³/mol. The Labute approximate surface area is 95.6 Å². The number of carboxylic acid groups (broad SMARTS) is 1. The number of nitrogens with zero attached hydrogens (tertiary/aromatic N) is 1. The number of rotatable bonds is 3. The van der Waals surface area contributed by atoms with Gasteiger partial charge in [-0.25, -0.2) is 4.79 Å². The Bertz CT molecular complexity index is 289. The van der Waals surface area contributed by atoms with E-state index in [0.717, 1.165) is 12.8 Å². The second-order valence-corrected chi connectivity index (χ2v) is 4.62. The smallest absolute Gasteiger partial charge is 0.326 e. The van der Waals surface area contributed by atoms with Gasteiger partial charge in [0.1, 0.15) is 6.04 Å². The highest BCUT2D eigenvalue weighted by atomic mass is 16.4. The van der Waals surface area contributed by atoms with E-state index in [1.165, 1.54) is 4.90 Å². The van der Waals surface area contributed by atoms with Crippen molar-refractivity contribution in [1.82, 2.24) is 4.90 Å². The normalized spacial score (nSPS) is 24.9. The van der Waals surface area contributed by atoms with Gasteiger partial charge in [0.15, 0.2) is 0 Å². The minimum Gasteiger partial charge on any atom is -0.480 e. The van der Waals surface area contributed by atoms with Crippen molar-refractivity contribution in [1.29, 1.82) is 0 Å². The molecule has 0 bridgehead atoms. The van der Waals surface area contributed by atoms with Gasteiger partial charge in [-0.05, 0) is 32.6 Å². The third-order valence-corrected chi connectivity index (χ3v) is 3.27. The van der Waals surface area contributed by atoms with Crippen molar-refractivity contribution in [3.8, 4) is 0 Å². The lowest BCUT2D eigenvalue weighted by Crippen LogP contribution is -2.58. The fourth-order valence-corrected chi connectivity index (χ4v) is 1.91. The van der Waals surface area contributed by atoms with Crippen LogP contribution in [-0.4, -0.2) is 40.0 Å². The summed E-state index contributed by atoms with van der Waals surface area (Å²) >= 11 is 0. The molecular weight excluding hydrogens is 208 g/mol. The molecule has 0 aromatic carbocycles. The van der Waals surface area contributed by atoms with Crippen molar-refractivity contribution in [3.63, 3.8) is 0 Å². The molecule has 92 valence electrons. The number of hydrogen-bond donors (Lipinski definition) is 2. The number of amides is 1. The predicted octanol–water partition coefficient (Wildman–Crippen LogP) is 0.579. The highest BCUT2D eigenvalue weighted by Crippen LogP contribution is 2.21. The van der Waals surface area contributed by atoms with Crippen molar-refractivity contribution in [3.05, 3.63) is 0 Å². The van der Waals surface area contributed by atoms with Crippen LogP contribution in [0.4, 0.5) is 0 Å². The quantitative estimate of drug-likeness (QED) is 0.740. The van der Waals surface area contributed by atoms with E-state index in [0.29, 0.717) is 19.4 Å². The number of nitrogens with two attached hydrogens (primary N) is 1. The first-order chi connectivity index (χ1) is 7.40. The van der Waals surface area contributed by atoms with Gasteiger partial charge in [0, 0.05) is 6.54 Å². The summed E-state index contributed by atoms with van der Waals surface area (Å²) in [5.74, 6) is -1.18. The molecule has 1 rings (SSSR count). The number of likely N-dealkylation sites (tertiary alicyclic amines) is 1. The second-order valence-electron chi connectivity index (χ2n) is 4.62. The maximum absolute atomic E-state index is 12.1. The minimum absolute atomic E-state index is 0.248. The van der Waals surface area contributed by atoms with Crippen molar-refractivity contribution in [2.45, 2.75) is 51.1 Å². The van der Waals surface area contributed by atoms with E-state index in [2.05, 4.69) is 0 Å². The van der Waals surface area contributed by atoms with Gasteiger partial charge in [0.25, 0.3) is 0 Å². The highest BCUT2D eigenvalue weighted by Gasteiger charge is 2.38. The SMILES string of the molecule is CCC(C)(N)C(=O)N1CCCC[C@H]1C(=O)O. The third-order valence-electron chi connectivity index (χ3n) is 3.27. The fraction of sp³-hybridized carbons (Fsp3) is 0.818. The van der Waals surface area contributed by atoms with E-state index < -0.39 is 17.6 Å². The molecule has 1 saturated heterocycles. The maximum atomic E-state index is 12.1. The zero-order valence-corrected chi connectivity index (χ0v) is 9.90. The first kappa shape index (κ1) is 13.0. The first-order valence-electron chi connectivity index (χ1n) is 5.73. The number of hydrogen-bond acceptors (Lipinski definition) is 3. The monoisotopic (exact) mass is 228 g/mol. The molecule has 0 saturated carbocycles. The maximum Gasteiger partial charge on any atom is 0.326 e. The van der Waals surface area contributed by atoms with Crippen LogP contribution in [0, 0.1) is 0 Å². The summed E-state index contributed by atoms with van der Waals surface area (Å²) in [5, 5.41) is 9.06. The number of carboxylic acids is 1. The van der Waals surface area contributed by atoms with Gasteiger partial charge in [-0.2, -0.15) is 0 Å². The van der Waals surface area contributed by atoms with Crippen LogP contribution >= 0.6 is 0 Å². The summed E-state index contributed by atoms with van der Waals surface area (Å²) in [5.41, 5.74) is 4.92. The van der Waals surface area contributed by atoms with E-state index >= 15 is 0 Å². The summed E-state index contributed by atoms with van der Waals surface area (Å²) in [4.78, 5) is 24.6. The lowest BCUT2D eigenvalue weighted by molar-refractivity contribution is -0.154. The van der Waals surface area contributed by atoms with Crippen molar-refractivity contribution < 1.29 is 14.7 Å². The molecule has 1 aliphatic rings. The Kier molecular flexibility index (Phi) is 3.91. The fourth-order valence-electron chi connectivity index (χ4n) is 1.91. The average molecular weight is 228 g/mol. The summed E-state index contributed by atoms with van der Waals surface area (Å²) in [7, 11) is 0. The Morgan fingerprint density at radius 1 is 1.50 bits per heavy atom. The molecule has 5 nitrogen and oxygen atoms in total. The Morgan fingerprint density at radius 3 is 2.62 bits per heavy atom. The Balaban J connectivity index is 2.83. The number of carbonyl (C=O) groups excluding carboxylic acids is 1. The molecule has 2 atom stereocenters. The Hall–Kier alpha value is -1.10. The topological polar surface area (TPSA) is 83.6 Å². The molecule has 0 aromatic heterocycles. The molecule has 1 fully saturated rings. The molecule has 5 heteroatoms. The Morgan fingerprint density at radius 2 is 2.12 bits per heavy atom. The average Bonchev–Trinajstić information content (AvgIpc) is 2.28. The molecule has 3 N–H and O–H groups in total. The zero-order valence-electron chi connectivity index (χ0n) is 9.90. The van der Waals surface area contributed by atoms with Gasteiger partial charge in [0.05, 0.1) is 5.54 Å². The number of piperidine rings is 1. The van der Waals surface area contributed by atoms with Gasteiger partial charge >= 0.3 is 5.97 Å². The van der Waals surface area contributed by atoms with Gasteiger partial charge in [-0.3, -0.25) is 4.79 Å². The summed E-state index contributed by atoms with van der Waals surface area (Å²) < 4.78 is 0. The lowest BCUT2D eigenvalue weighted by atomic mass is 9.94. The van der Waals surface area contributed by atoms with E-state index in [4.69, 9.17) is 10.8 Å². The van der Waals surface area contributed by atoms with Crippen LogP contribution in [0.25, 0.3) is 0 Å². The van der Waals surface area contributed by atoms with E-state index in [1.807, 2.05) is 6.92 Å². The minimum atomic E-state index is -0.953. The molecule has 0 radical (unpaired) electrons. The molecule has 1 unspecified atom stereocenters. The molecule has 0 aliphatic carbocycles. The van der Waals surface area contributed by atoms with Crippen LogP contribution in [0.3, 0.4) is 0 Å². The molecule has 0 spiro atoms. The molecule has 16 heavy (non-hydrogen) atoms. The summed E-state index contributed by atoms with van der Waals surface area (Å²) in [6.45, 7) is 3.99.